The summed E-state index contributed by atoms with van der Waals surface area (Å²) in [6, 6.07) is 12.1. The monoisotopic (exact) mass is 409 g/mol. The van der Waals surface area contributed by atoms with Crippen molar-refractivity contribution in [2.45, 2.75) is 32.7 Å². The number of aliphatic hydroxyl groups excluding tert-OH is 1. The van der Waals surface area contributed by atoms with E-state index in [9.17, 15) is 0 Å². The van der Waals surface area contributed by atoms with Crippen LogP contribution < -0.4 is 14.8 Å². The molecule has 7 heteroatoms. The van der Waals surface area contributed by atoms with Crippen molar-refractivity contribution in [3.63, 3.8) is 0 Å². The molecule has 2 aromatic carbocycles. The van der Waals surface area contributed by atoms with Crippen LogP contribution in [-0.4, -0.2) is 41.6 Å². The Bertz CT molecular complexity index is 1000. The van der Waals surface area contributed by atoms with E-state index in [1.54, 1.807) is 0 Å². The summed E-state index contributed by atoms with van der Waals surface area (Å²) < 4.78 is 16.9. The van der Waals surface area contributed by atoms with Crippen molar-refractivity contribution >= 4 is 0 Å². The van der Waals surface area contributed by atoms with Crippen LogP contribution in [0.1, 0.15) is 37.4 Å². The molecule has 0 saturated heterocycles. The topological polar surface area (TPSA) is 89.6 Å². The maximum Gasteiger partial charge on any atom is 0.258 e. The summed E-state index contributed by atoms with van der Waals surface area (Å²) in [6.07, 6.45) is 1.93. The third-order valence-corrected chi connectivity index (χ3v) is 5.23. The molecule has 0 amide bonds. The molecule has 0 bridgehead atoms. The molecule has 158 valence electrons. The first-order valence-corrected chi connectivity index (χ1v) is 10.4. The quantitative estimate of drug-likeness (QED) is 0.556. The molecule has 0 radical (unpaired) electrons. The summed E-state index contributed by atoms with van der Waals surface area (Å²) in [4.78, 5) is 4.66. The van der Waals surface area contributed by atoms with Gasteiger partial charge in [0.05, 0.1) is 19.8 Å². The van der Waals surface area contributed by atoms with Crippen molar-refractivity contribution in [2.24, 2.45) is 0 Å². The Morgan fingerprint density at radius 1 is 1.13 bits per heavy atom. The number of benzene rings is 2. The Labute approximate surface area is 176 Å². The molecule has 1 heterocycles. The Kier molecular flexibility index (Phi) is 6.30. The van der Waals surface area contributed by atoms with Gasteiger partial charge in [0, 0.05) is 23.7 Å². The molecule has 0 unspecified atom stereocenters. The van der Waals surface area contributed by atoms with Crippen molar-refractivity contribution in [3.05, 3.63) is 47.5 Å². The number of aliphatic hydroxyl groups is 1. The summed E-state index contributed by atoms with van der Waals surface area (Å²) in [6.45, 7) is 5.70. The van der Waals surface area contributed by atoms with E-state index in [2.05, 4.69) is 21.5 Å². The number of hydrogen-bond donors (Lipinski definition) is 2. The van der Waals surface area contributed by atoms with Crippen molar-refractivity contribution in [1.82, 2.24) is 15.5 Å². The van der Waals surface area contributed by atoms with E-state index in [4.69, 9.17) is 19.1 Å². The summed E-state index contributed by atoms with van der Waals surface area (Å²) >= 11 is 0. The van der Waals surface area contributed by atoms with Gasteiger partial charge in [0.15, 0.2) is 11.5 Å². The molecular formula is C23H27N3O4. The Morgan fingerprint density at radius 3 is 2.77 bits per heavy atom. The SMILES string of the molecule is CCOc1ccc(-c2nc(-c3cccc4c3CC[C@H]4NCCO)no2)cc1OCC. The fraction of sp³-hybridized carbons (Fsp3) is 0.391. The molecule has 1 aliphatic rings. The molecule has 0 fully saturated rings. The smallest absolute Gasteiger partial charge is 0.258 e. The van der Waals surface area contributed by atoms with Crippen LogP contribution in [0.15, 0.2) is 40.9 Å². The largest absolute Gasteiger partial charge is 0.490 e. The highest BCUT2D eigenvalue weighted by atomic mass is 16.5. The number of ether oxygens (including phenoxy) is 2. The zero-order valence-corrected chi connectivity index (χ0v) is 17.4. The Hall–Kier alpha value is -2.90. The van der Waals surface area contributed by atoms with Crippen LogP contribution in [0.4, 0.5) is 0 Å². The van der Waals surface area contributed by atoms with E-state index < -0.39 is 0 Å². The normalized spacial score (nSPS) is 15.2. The van der Waals surface area contributed by atoms with Crippen molar-refractivity contribution < 1.29 is 19.1 Å². The average Bonchev–Trinajstić information content (AvgIpc) is 3.41. The van der Waals surface area contributed by atoms with Crippen LogP contribution in [0, 0.1) is 0 Å². The van der Waals surface area contributed by atoms with Gasteiger partial charge in [0.2, 0.25) is 5.82 Å². The Morgan fingerprint density at radius 2 is 1.97 bits per heavy atom. The van der Waals surface area contributed by atoms with Crippen LogP contribution >= 0.6 is 0 Å². The standard InChI is InChI=1S/C23H27N3O4/c1-3-28-20-11-8-15(14-21(20)29-4-2)23-25-22(26-30-23)18-7-5-6-17-16(18)9-10-19(17)24-12-13-27/h5-8,11,14,19,24,27H,3-4,9-10,12-13H2,1-2H3/t19-/m1/s1. The van der Waals surface area contributed by atoms with Gasteiger partial charge in [-0.05, 0) is 56.0 Å². The lowest BCUT2D eigenvalue weighted by Gasteiger charge is -2.13. The molecular weight excluding hydrogens is 382 g/mol. The minimum Gasteiger partial charge on any atom is -0.490 e. The van der Waals surface area contributed by atoms with E-state index in [-0.39, 0.29) is 12.6 Å². The molecule has 0 aliphatic heterocycles. The van der Waals surface area contributed by atoms with Crippen molar-refractivity contribution in [2.75, 3.05) is 26.4 Å². The van der Waals surface area contributed by atoms with Crippen LogP contribution in [0.2, 0.25) is 0 Å². The first-order chi connectivity index (χ1) is 14.7. The van der Waals surface area contributed by atoms with E-state index >= 15 is 0 Å². The van der Waals surface area contributed by atoms with Crippen LogP contribution in [-0.2, 0) is 6.42 Å². The highest BCUT2D eigenvalue weighted by Crippen LogP contribution is 2.38. The second kappa shape index (κ2) is 9.28. The third kappa shape index (κ3) is 4.04. The molecule has 3 aromatic rings. The number of hydrogen-bond acceptors (Lipinski definition) is 7. The second-order valence-electron chi connectivity index (χ2n) is 7.09. The van der Waals surface area contributed by atoms with Crippen LogP contribution in [0.25, 0.3) is 22.8 Å². The van der Waals surface area contributed by atoms with Gasteiger partial charge in [-0.3, -0.25) is 0 Å². The average molecular weight is 409 g/mol. The number of nitrogens with zero attached hydrogens (tertiary/aromatic N) is 2. The van der Waals surface area contributed by atoms with Gasteiger partial charge in [0.1, 0.15) is 0 Å². The molecule has 7 nitrogen and oxygen atoms in total. The fourth-order valence-corrected chi connectivity index (χ4v) is 3.95. The highest BCUT2D eigenvalue weighted by Gasteiger charge is 2.26. The summed E-state index contributed by atoms with van der Waals surface area (Å²) in [5.74, 6) is 2.39. The minimum atomic E-state index is 0.131. The lowest BCUT2D eigenvalue weighted by molar-refractivity contribution is 0.284. The molecule has 2 N–H and O–H groups in total. The predicted octanol–water partition coefficient (Wildman–Crippen LogP) is 3.77. The fourth-order valence-electron chi connectivity index (χ4n) is 3.95. The molecule has 1 aliphatic carbocycles. The summed E-state index contributed by atoms with van der Waals surface area (Å²) in [5.41, 5.74) is 4.26. The molecule has 4 rings (SSSR count). The Balaban J connectivity index is 1.63. The van der Waals surface area contributed by atoms with Crippen LogP contribution in [0.5, 0.6) is 11.5 Å². The third-order valence-electron chi connectivity index (χ3n) is 5.23. The van der Waals surface area contributed by atoms with E-state index in [1.165, 1.54) is 11.1 Å². The first-order valence-electron chi connectivity index (χ1n) is 10.4. The van der Waals surface area contributed by atoms with Gasteiger partial charge in [0.25, 0.3) is 5.89 Å². The van der Waals surface area contributed by atoms with Gasteiger partial charge in [-0.1, -0.05) is 23.4 Å². The second-order valence-corrected chi connectivity index (χ2v) is 7.09. The van der Waals surface area contributed by atoms with Gasteiger partial charge < -0.3 is 24.4 Å². The van der Waals surface area contributed by atoms with E-state index in [0.717, 1.165) is 24.0 Å². The van der Waals surface area contributed by atoms with E-state index in [0.29, 0.717) is 43.0 Å². The van der Waals surface area contributed by atoms with Crippen molar-refractivity contribution in [1.29, 1.82) is 0 Å². The number of nitrogens with one attached hydrogen (secondary N) is 1. The number of fused-ring (bicyclic) bond motifs is 1. The predicted molar refractivity (Wildman–Crippen MR) is 114 cm³/mol. The lowest BCUT2D eigenvalue weighted by Crippen LogP contribution is -2.22. The maximum absolute atomic E-state index is 9.11. The lowest BCUT2D eigenvalue weighted by atomic mass is 10.0. The van der Waals surface area contributed by atoms with E-state index in [1.807, 2.05) is 44.2 Å². The molecule has 30 heavy (non-hydrogen) atoms. The minimum absolute atomic E-state index is 0.131. The van der Waals surface area contributed by atoms with Gasteiger partial charge >= 0.3 is 0 Å². The van der Waals surface area contributed by atoms with Crippen LogP contribution in [0.3, 0.4) is 0 Å². The maximum atomic E-state index is 9.11. The number of rotatable bonds is 9. The first kappa shape index (κ1) is 20.4. The summed E-state index contributed by atoms with van der Waals surface area (Å²) in [7, 11) is 0. The highest BCUT2D eigenvalue weighted by molar-refractivity contribution is 5.67. The zero-order valence-electron chi connectivity index (χ0n) is 17.4. The molecule has 0 spiro atoms. The zero-order chi connectivity index (χ0) is 20.9. The van der Waals surface area contributed by atoms with Gasteiger partial charge in [-0.2, -0.15) is 4.98 Å². The number of aromatic nitrogens is 2. The van der Waals surface area contributed by atoms with Gasteiger partial charge in [-0.15, -0.1) is 0 Å². The molecule has 1 atom stereocenters. The molecule has 1 aromatic heterocycles. The van der Waals surface area contributed by atoms with Gasteiger partial charge in [-0.25, -0.2) is 0 Å². The summed E-state index contributed by atoms with van der Waals surface area (Å²) in [5, 5.41) is 16.7. The van der Waals surface area contributed by atoms with Crippen molar-refractivity contribution in [3.8, 4) is 34.3 Å². The molecule has 0 saturated carbocycles.